The number of halogens is 3. The number of H-pyrrole nitrogens is 1. The molecule has 0 bridgehead atoms. The Balaban J connectivity index is 1.71. The van der Waals surface area contributed by atoms with E-state index in [0.717, 1.165) is 38.5 Å². The molecule has 0 spiro atoms. The van der Waals surface area contributed by atoms with Gasteiger partial charge in [-0.05, 0) is 12.8 Å². The third-order valence-electron chi connectivity index (χ3n) is 5.64. The fourth-order valence-electron chi connectivity index (χ4n) is 4.17. The first-order valence-corrected chi connectivity index (χ1v) is 9.32. The first kappa shape index (κ1) is 19.0. The molecule has 152 valence electrons. The van der Waals surface area contributed by atoms with Gasteiger partial charge in [0.05, 0.1) is 18.7 Å². The monoisotopic (exact) mass is 398 g/mol. The van der Waals surface area contributed by atoms with Crippen LogP contribution < -0.4 is 5.56 Å². The summed E-state index contributed by atoms with van der Waals surface area (Å²) < 4.78 is 45.9. The van der Waals surface area contributed by atoms with E-state index in [-0.39, 0.29) is 16.9 Å². The van der Waals surface area contributed by atoms with Crippen LogP contribution in [0, 0.1) is 0 Å². The molecule has 3 heterocycles. The summed E-state index contributed by atoms with van der Waals surface area (Å²) >= 11 is 0. The molecular weight excluding hydrogens is 377 g/mol. The number of aromatic nitrogens is 3. The number of hydrogen-bond acceptors (Lipinski definition) is 4. The summed E-state index contributed by atoms with van der Waals surface area (Å²) in [7, 11) is 1.13. The summed E-state index contributed by atoms with van der Waals surface area (Å²) in [5.41, 5.74) is 0.380. The van der Waals surface area contributed by atoms with Crippen molar-refractivity contribution in [3.05, 3.63) is 33.4 Å². The molecule has 1 atom stereocenters. The van der Waals surface area contributed by atoms with Gasteiger partial charge in [-0.25, -0.2) is 9.50 Å². The predicted octanol–water partition coefficient (Wildman–Crippen LogP) is 2.60. The van der Waals surface area contributed by atoms with Crippen molar-refractivity contribution in [1.82, 2.24) is 19.5 Å². The van der Waals surface area contributed by atoms with Crippen molar-refractivity contribution in [1.29, 1.82) is 0 Å². The number of aromatic amines is 1. The first-order valence-electron chi connectivity index (χ1n) is 9.32. The Bertz CT molecular complexity index is 959. The maximum Gasteiger partial charge on any atom is 0.411 e. The van der Waals surface area contributed by atoms with Crippen LogP contribution in [0.1, 0.15) is 59.8 Å². The quantitative estimate of drug-likeness (QED) is 0.859. The van der Waals surface area contributed by atoms with E-state index in [2.05, 4.69) is 14.8 Å². The number of nitrogens with zero attached hydrogens (tertiary/aromatic N) is 3. The van der Waals surface area contributed by atoms with Gasteiger partial charge in [0, 0.05) is 24.8 Å². The zero-order valence-electron chi connectivity index (χ0n) is 15.4. The molecule has 4 rings (SSSR count). The fraction of sp³-hybridized carbons (Fsp3) is 0.611. The standard InChI is InChI=1S/C18H21F3N4O3/c1-28-9-13(18(19,20)21)24-8-11-15(17(24)27)22-14-7-12(23-25(14)16(11)26)10-5-3-2-4-6-10/h7,10,13,23H,2-6,8-9H2,1H3. The van der Waals surface area contributed by atoms with Crippen molar-refractivity contribution >= 4 is 11.6 Å². The van der Waals surface area contributed by atoms with Gasteiger partial charge in [0.1, 0.15) is 5.69 Å². The van der Waals surface area contributed by atoms with Crippen LogP contribution in [0.15, 0.2) is 10.9 Å². The number of carbonyl (C=O) groups is 1. The summed E-state index contributed by atoms with van der Waals surface area (Å²) in [4.78, 5) is 30.3. The second-order valence-electron chi connectivity index (χ2n) is 7.43. The van der Waals surface area contributed by atoms with Crippen molar-refractivity contribution in [3.8, 4) is 0 Å². The highest BCUT2D eigenvalue weighted by atomic mass is 19.4. The van der Waals surface area contributed by atoms with Crippen LogP contribution in [0.3, 0.4) is 0 Å². The molecule has 2 aromatic heterocycles. The van der Waals surface area contributed by atoms with Gasteiger partial charge in [-0.15, -0.1) is 0 Å². The van der Waals surface area contributed by atoms with E-state index < -0.39 is 36.8 Å². The molecular formula is C18H21F3N4O3. The van der Waals surface area contributed by atoms with Gasteiger partial charge in [0.15, 0.2) is 11.7 Å². The average molecular weight is 398 g/mol. The molecule has 1 aliphatic carbocycles. The molecule has 1 saturated carbocycles. The Morgan fingerprint density at radius 3 is 2.64 bits per heavy atom. The molecule has 7 nitrogen and oxygen atoms in total. The smallest absolute Gasteiger partial charge is 0.382 e. The summed E-state index contributed by atoms with van der Waals surface area (Å²) in [5.74, 6) is -0.595. The fourth-order valence-corrected chi connectivity index (χ4v) is 4.17. The van der Waals surface area contributed by atoms with Gasteiger partial charge in [-0.3, -0.25) is 14.7 Å². The Kier molecular flexibility index (Phi) is 4.68. The molecule has 1 amide bonds. The zero-order valence-corrected chi connectivity index (χ0v) is 15.4. The van der Waals surface area contributed by atoms with Gasteiger partial charge in [0.2, 0.25) is 0 Å². The third kappa shape index (κ3) is 3.09. The van der Waals surface area contributed by atoms with Crippen LogP contribution in [0.5, 0.6) is 0 Å². The molecule has 1 aliphatic heterocycles. The van der Waals surface area contributed by atoms with Crippen LogP contribution in [-0.2, 0) is 11.3 Å². The van der Waals surface area contributed by atoms with Crippen LogP contribution in [0.25, 0.3) is 5.65 Å². The summed E-state index contributed by atoms with van der Waals surface area (Å²) in [6.07, 6.45) is 0.778. The van der Waals surface area contributed by atoms with E-state index in [0.29, 0.717) is 10.8 Å². The van der Waals surface area contributed by atoms with E-state index in [9.17, 15) is 22.8 Å². The number of amides is 1. The number of rotatable bonds is 4. The minimum Gasteiger partial charge on any atom is -0.382 e. The lowest BCUT2D eigenvalue weighted by molar-refractivity contribution is -0.188. The largest absolute Gasteiger partial charge is 0.411 e. The van der Waals surface area contributed by atoms with E-state index in [1.165, 1.54) is 10.9 Å². The zero-order chi connectivity index (χ0) is 20.1. The van der Waals surface area contributed by atoms with Gasteiger partial charge in [-0.1, -0.05) is 19.3 Å². The van der Waals surface area contributed by atoms with E-state index >= 15 is 0 Å². The van der Waals surface area contributed by atoms with Crippen LogP contribution in [-0.4, -0.2) is 51.3 Å². The van der Waals surface area contributed by atoms with Gasteiger partial charge >= 0.3 is 6.18 Å². The maximum absolute atomic E-state index is 13.3. The molecule has 2 aliphatic rings. The van der Waals surface area contributed by atoms with Crippen molar-refractivity contribution in [2.75, 3.05) is 13.7 Å². The minimum atomic E-state index is -4.67. The minimum absolute atomic E-state index is 0.0232. The average Bonchev–Trinajstić information content (AvgIpc) is 3.23. The summed E-state index contributed by atoms with van der Waals surface area (Å²) in [6.45, 7) is -1.14. The number of carbonyl (C=O) groups excluding carboxylic acids is 1. The first-order chi connectivity index (χ1) is 13.3. The van der Waals surface area contributed by atoms with Crippen LogP contribution in [0.2, 0.25) is 0 Å². The number of ether oxygens (including phenoxy) is 1. The highest BCUT2D eigenvalue weighted by molar-refractivity contribution is 5.97. The maximum atomic E-state index is 13.3. The number of hydrogen-bond donors (Lipinski definition) is 1. The molecule has 0 saturated heterocycles. The van der Waals surface area contributed by atoms with Crippen molar-refractivity contribution in [3.63, 3.8) is 0 Å². The van der Waals surface area contributed by atoms with Crippen LogP contribution >= 0.6 is 0 Å². The summed E-state index contributed by atoms with van der Waals surface area (Å²) in [6, 6.07) is -0.399. The Morgan fingerprint density at radius 1 is 1.29 bits per heavy atom. The van der Waals surface area contributed by atoms with E-state index in [1.807, 2.05) is 0 Å². The van der Waals surface area contributed by atoms with E-state index in [1.54, 1.807) is 6.07 Å². The van der Waals surface area contributed by atoms with Crippen molar-refractivity contribution < 1.29 is 22.7 Å². The van der Waals surface area contributed by atoms with Gasteiger partial charge < -0.3 is 9.64 Å². The molecule has 1 fully saturated rings. The topological polar surface area (TPSA) is 79.7 Å². The lowest BCUT2D eigenvalue weighted by Gasteiger charge is -2.28. The lowest BCUT2D eigenvalue weighted by Crippen LogP contribution is -2.48. The van der Waals surface area contributed by atoms with Gasteiger partial charge in [0.25, 0.3) is 11.5 Å². The molecule has 1 unspecified atom stereocenters. The highest BCUT2D eigenvalue weighted by Crippen LogP contribution is 2.33. The third-order valence-corrected chi connectivity index (χ3v) is 5.64. The number of methoxy groups -OCH3 is 1. The normalized spacial score (nSPS) is 19.4. The lowest BCUT2D eigenvalue weighted by atomic mass is 9.87. The van der Waals surface area contributed by atoms with E-state index in [4.69, 9.17) is 0 Å². The van der Waals surface area contributed by atoms with Crippen molar-refractivity contribution in [2.24, 2.45) is 0 Å². The van der Waals surface area contributed by atoms with Crippen molar-refractivity contribution in [2.45, 2.75) is 56.8 Å². The number of nitrogens with one attached hydrogen (secondary N) is 1. The van der Waals surface area contributed by atoms with Crippen LogP contribution in [0.4, 0.5) is 13.2 Å². The highest BCUT2D eigenvalue weighted by Gasteiger charge is 2.49. The number of alkyl halides is 3. The molecule has 10 heteroatoms. The second kappa shape index (κ2) is 6.91. The SMILES string of the molecule is COCC(N1Cc2c(nc3cc(C4CCCCC4)[nH]n3c2=O)C1=O)C(F)(F)F. The second-order valence-corrected chi connectivity index (χ2v) is 7.43. The van der Waals surface area contributed by atoms with Gasteiger partial charge in [-0.2, -0.15) is 13.2 Å². The molecule has 28 heavy (non-hydrogen) atoms. The summed E-state index contributed by atoms with van der Waals surface area (Å²) in [5, 5.41) is 3.04. The molecule has 1 N–H and O–H groups in total. The Hall–Kier alpha value is -2.36. The molecule has 0 radical (unpaired) electrons. The predicted molar refractivity (Wildman–Crippen MR) is 93.2 cm³/mol. The molecule has 0 aromatic carbocycles. The Labute approximate surface area is 158 Å². The molecule has 2 aromatic rings. The number of fused-ring (bicyclic) bond motifs is 2. The Morgan fingerprint density at radius 2 is 2.00 bits per heavy atom.